The van der Waals surface area contributed by atoms with Crippen LogP contribution in [0.5, 0.6) is 0 Å². The van der Waals surface area contributed by atoms with E-state index in [1.165, 1.54) is 9.87 Å². The molecule has 3 heterocycles. The molecule has 1 aromatic carbocycles. The average Bonchev–Trinajstić information content (AvgIpc) is 3.43. The molecular weight excluding hydrogens is 466 g/mol. The third kappa shape index (κ3) is 5.07. The van der Waals surface area contributed by atoms with Gasteiger partial charge in [0.2, 0.25) is 17.6 Å². The van der Waals surface area contributed by atoms with Crippen molar-refractivity contribution in [2.24, 2.45) is 0 Å². The zero-order valence-electron chi connectivity index (χ0n) is 18.4. The summed E-state index contributed by atoms with van der Waals surface area (Å²) in [7, 11) is -3.76. The number of sulfonamides is 1. The normalized spacial score (nSPS) is 15.2. The summed E-state index contributed by atoms with van der Waals surface area (Å²) in [6.45, 7) is 4.58. The number of benzene rings is 1. The average molecular weight is 492 g/mol. The van der Waals surface area contributed by atoms with Crippen molar-refractivity contribution in [3.05, 3.63) is 51.1 Å². The first-order valence-electron chi connectivity index (χ1n) is 10.7. The molecule has 1 saturated heterocycles. The minimum atomic E-state index is -3.76. The van der Waals surface area contributed by atoms with Crippen LogP contribution in [-0.4, -0.2) is 64.8 Å². The van der Waals surface area contributed by atoms with Gasteiger partial charge in [-0.15, -0.1) is 0 Å². The number of carbonyl (C=O) groups excluding carboxylic acids is 1. The van der Waals surface area contributed by atoms with Crippen LogP contribution in [0.15, 0.2) is 37.8 Å². The minimum Gasteiger partial charge on any atom is -0.340 e. The fourth-order valence-corrected chi connectivity index (χ4v) is 6.52. The van der Waals surface area contributed by atoms with E-state index in [1.807, 2.05) is 24.3 Å². The highest BCUT2D eigenvalue weighted by atomic mass is 32.2. The van der Waals surface area contributed by atoms with Gasteiger partial charge >= 0.3 is 4.87 Å². The monoisotopic (exact) mass is 491 g/mol. The van der Waals surface area contributed by atoms with Gasteiger partial charge in [0.1, 0.15) is 0 Å². The summed E-state index contributed by atoms with van der Waals surface area (Å²) in [6.07, 6.45) is 1.46. The smallest absolute Gasteiger partial charge is 0.305 e. The van der Waals surface area contributed by atoms with Gasteiger partial charge in [0, 0.05) is 50.3 Å². The number of hydrogen-bond acceptors (Lipinski definition) is 8. The first-order chi connectivity index (χ1) is 15.8. The number of carbonyl (C=O) groups is 1. The van der Waals surface area contributed by atoms with Crippen molar-refractivity contribution < 1.29 is 17.7 Å². The van der Waals surface area contributed by atoms with Crippen molar-refractivity contribution in [1.82, 2.24) is 24.3 Å². The molecule has 12 heteroatoms. The molecule has 0 spiro atoms. The molecule has 33 heavy (non-hydrogen) atoms. The number of rotatable bonds is 7. The fraction of sp³-hybridized carbons (Fsp3) is 0.429. The number of piperazine rings is 1. The highest BCUT2D eigenvalue weighted by Gasteiger charge is 2.32. The summed E-state index contributed by atoms with van der Waals surface area (Å²) < 4.78 is 32.3. The van der Waals surface area contributed by atoms with E-state index in [0.717, 1.165) is 12.0 Å². The Labute approximate surface area is 195 Å². The third-order valence-electron chi connectivity index (χ3n) is 5.59. The Hall–Kier alpha value is -2.83. The SMILES string of the molecule is CCc1ccc(-c2noc(CCC(=O)N3CCN(S(=O)(=O)c4sc(=O)[nH]c4C)CC3)n2)cc1. The van der Waals surface area contributed by atoms with E-state index >= 15 is 0 Å². The molecule has 0 atom stereocenters. The predicted molar refractivity (Wildman–Crippen MR) is 122 cm³/mol. The van der Waals surface area contributed by atoms with Gasteiger partial charge in [-0.05, 0) is 18.9 Å². The molecule has 1 amide bonds. The Bertz CT molecular complexity index is 1290. The quantitative estimate of drug-likeness (QED) is 0.534. The number of aryl methyl sites for hydroxylation is 3. The van der Waals surface area contributed by atoms with Crippen LogP contribution >= 0.6 is 11.3 Å². The van der Waals surface area contributed by atoms with Gasteiger partial charge in [0.05, 0.1) is 0 Å². The van der Waals surface area contributed by atoms with Gasteiger partial charge in [-0.3, -0.25) is 9.59 Å². The van der Waals surface area contributed by atoms with E-state index in [-0.39, 0.29) is 42.7 Å². The highest BCUT2D eigenvalue weighted by Crippen LogP contribution is 2.23. The number of nitrogens with one attached hydrogen (secondary N) is 1. The van der Waals surface area contributed by atoms with Gasteiger partial charge in [0.15, 0.2) is 4.21 Å². The lowest BCUT2D eigenvalue weighted by molar-refractivity contribution is -0.132. The molecule has 1 aliphatic rings. The summed E-state index contributed by atoms with van der Waals surface area (Å²) in [4.78, 5) is 32.2. The van der Waals surface area contributed by atoms with Crippen LogP contribution < -0.4 is 4.87 Å². The Morgan fingerprint density at radius 3 is 2.48 bits per heavy atom. The molecule has 3 aromatic rings. The molecule has 1 fully saturated rings. The molecule has 4 rings (SSSR count). The topological polar surface area (TPSA) is 129 Å². The summed E-state index contributed by atoms with van der Waals surface area (Å²) in [5.41, 5.74) is 2.41. The Kier molecular flexibility index (Phi) is 6.77. The minimum absolute atomic E-state index is 0.0313. The molecule has 1 N–H and O–H groups in total. The lowest BCUT2D eigenvalue weighted by Crippen LogP contribution is -2.50. The molecule has 0 radical (unpaired) electrons. The zero-order chi connectivity index (χ0) is 23.6. The van der Waals surface area contributed by atoms with Crippen LogP contribution in [0.1, 0.15) is 30.5 Å². The van der Waals surface area contributed by atoms with Gasteiger partial charge < -0.3 is 14.4 Å². The van der Waals surface area contributed by atoms with Crippen molar-refractivity contribution in [1.29, 1.82) is 0 Å². The first kappa shape index (κ1) is 23.3. The third-order valence-corrected chi connectivity index (χ3v) is 9.07. The van der Waals surface area contributed by atoms with Crippen molar-refractivity contribution in [3.8, 4) is 11.4 Å². The molecule has 0 aliphatic carbocycles. The standard InChI is InChI=1S/C21H25N5O5S2/c1-3-15-4-6-16(7-5-15)19-23-17(31-24-19)8-9-18(27)25-10-12-26(13-11-25)33(29,30)20-14(2)22-21(28)32-20/h4-7H,3,8-13H2,1-2H3,(H,22,28). The second-order valence-electron chi connectivity index (χ2n) is 7.77. The Morgan fingerprint density at radius 2 is 1.88 bits per heavy atom. The maximum atomic E-state index is 12.8. The Balaban J connectivity index is 1.30. The lowest BCUT2D eigenvalue weighted by atomic mass is 10.1. The van der Waals surface area contributed by atoms with E-state index in [9.17, 15) is 18.0 Å². The number of thiazole rings is 1. The molecule has 0 bridgehead atoms. The summed E-state index contributed by atoms with van der Waals surface area (Å²) in [6, 6.07) is 7.93. The molecule has 176 valence electrons. The van der Waals surface area contributed by atoms with E-state index in [2.05, 4.69) is 22.0 Å². The number of nitrogens with zero attached hydrogens (tertiary/aromatic N) is 4. The van der Waals surface area contributed by atoms with Crippen LogP contribution in [0, 0.1) is 6.92 Å². The van der Waals surface area contributed by atoms with E-state index in [1.54, 1.807) is 11.8 Å². The van der Waals surface area contributed by atoms with E-state index in [0.29, 0.717) is 35.2 Å². The second kappa shape index (κ2) is 9.57. The fourth-order valence-electron chi connectivity index (χ4n) is 3.67. The molecule has 0 unspecified atom stereocenters. The maximum absolute atomic E-state index is 12.8. The van der Waals surface area contributed by atoms with Crippen molar-refractivity contribution >= 4 is 27.3 Å². The molecule has 2 aromatic heterocycles. The van der Waals surface area contributed by atoms with Crippen molar-refractivity contribution in [2.45, 2.75) is 37.3 Å². The van der Waals surface area contributed by atoms with Crippen LogP contribution in [-0.2, 0) is 27.7 Å². The van der Waals surface area contributed by atoms with Crippen LogP contribution in [0.25, 0.3) is 11.4 Å². The summed E-state index contributed by atoms with van der Waals surface area (Å²) in [5.74, 6) is 0.778. The van der Waals surface area contributed by atoms with Crippen molar-refractivity contribution in [2.75, 3.05) is 26.2 Å². The highest BCUT2D eigenvalue weighted by molar-refractivity contribution is 7.91. The van der Waals surface area contributed by atoms with E-state index < -0.39 is 14.9 Å². The van der Waals surface area contributed by atoms with Gasteiger partial charge in [0.25, 0.3) is 10.0 Å². The molecule has 0 saturated carbocycles. The van der Waals surface area contributed by atoms with Gasteiger partial charge in [-0.25, -0.2) is 8.42 Å². The predicted octanol–water partition coefficient (Wildman–Crippen LogP) is 1.82. The van der Waals surface area contributed by atoms with Crippen LogP contribution in [0.2, 0.25) is 0 Å². The summed E-state index contributed by atoms with van der Waals surface area (Å²) >= 11 is 0.685. The number of amides is 1. The van der Waals surface area contributed by atoms with Gasteiger partial charge in [-0.2, -0.15) is 9.29 Å². The van der Waals surface area contributed by atoms with Gasteiger partial charge in [-0.1, -0.05) is 47.7 Å². The number of aromatic amines is 1. The van der Waals surface area contributed by atoms with Crippen LogP contribution in [0.4, 0.5) is 0 Å². The van der Waals surface area contributed by atoms with Crippen LogP contribution in [0.3, 0.4) is 0 Å². The molecular formula is C21H25N5O5S2. The Morgan fingerprint density at radius 1 is 1.18 bits per heavy atom. The number of H-pyrrole nitrogens is 1. The molecule has 10 nitrogen and oxygen atoms in total. The summed E-state index contributed by atoms with van der Waals surface area (Å²) in [5, 5.41) is 4.00. The largest absolute Gasteiger partial charge is 0.340 e. The number of aromatic nitrogens is 3. The zero-order valence-corrected chi connectivity index (χ0v) is 20.0. The first-order valence-corrected chi connectivity index (χ1v) is 12.9. The lowest BCUT2D eigenvalue weighted by Gasteiger charge is -2.33. The maximum Gasteiger partial charge on any atom is 0.305 e. The van der Waals surface area contributed by atoms with Crippen molar-refractivity contribution in [3.63, 3.8) is 0 Å². The van der Waals surface area contributed by atoms with E-state index in [4.69, 9.17) is 4.52 Å². The second-order valence-corrected chi connectivity index (χ2v) is 10.9. The molecule has 1 aliphatic heterocycles. The number of hydrogen-bond donors (Lipinski definition) is 1.